The summed E-state index contributed by atoms with van der Waals surface area (Å²) in [5.41, 5.74) is 5.97. The van der Waals surface area contributed by atoms with Gasteiger partial charge in [-0.2, -0.15) is 0 Å². The number of allylic oxidation sites excluding steroid dienone is 1. The van der Waals surface area contributed by atoms with Crippen LogP contribution >= 0.6 is 0 Å². The van der Waals surface area contributed by atoms with Crippen LogP contribution in [-0.4, -0.2) is 34.0 Å². The summed E-state index contributed by atoms with van der Waals surface area (Å²) in [5.74, 6) is 0.870. The molecule has 1 aromatic carbocycles. The molecule has 0 aliphatic carbocycles. The van der Waals surface area contributed by atoms with E-state index < -0.39 is 0 Å². The SMILES string of the molecule is C=C(NCc1cc2cc(C)ccc2[nH]1)NC1CCCN(C(=C)Cc2cccnc2)C1. The van der Waals surface area contributed by atoms with Gasteiger partial charge in [-0.25, -0.2) is 0 Å². The Hall–Kier alpha value is -3.21. The number of nitrogens with zero attached hydrogens (tertiary/aromatic N) is 2. The highest BCUT2D eigenvalue weighted by Gasteiger charge is 2.21. The van der Waals surface area contributed by atoms with Crippen molar-refractivity contribution in [2.45, 2.75) is 38.8 Å². The van der Waals surface area contributed by atoms with Crippen LogP contribution in [0.2, 0.25) is 0 Å². The number of aromatic amines is 1. The third-order valence-corrected chi connectivity index (χ3v) is 5.70. The highest BCUT2D eigenvalue weighted by molar-refractivity contribution is 5.81. The predicted molar refractivity (Wildman–Crippen MR) is 124 cm³/mol. The highest BCUT2D eigenvalue weighted by atomic mass is 15.2. The lowest BCUT2D eigenvalue weighted by Gasteiger charge is -2.36. The summed E-state index contributed by atoms with van der Waals surface area (Å²) < 4.78 is 0. The van der Waals surface area contributed by atoms with E-state index in [1.807, 2.05) is 18.5 Å². The molecule has 0 saturated carbocycles. The smallest absolute Gasteiger partial charge is 0.0918 e. The molecular weight excluding hydrogens is 370 g/mol. The molecule has 4 rings (SSSR count). The van der Waals surface area contributed by atoms with E-state index in [4.69, 9.17) is 0 Å². The molecule has 30 heavy (non-hydrogen) atoms. The van der Waals surface area contributed by atoms with Crippen LogP contribution in [0, 0.1) is 6.92 Å². The van der Waals surface area contributed by atoms with Gasteiger partial charge >= 0.3 is 0 Å². The predicted octanol–water partition coefficient (Wildman–Crippen LogP) is 4.24. The van der Waals surface area contributed by atoms with Crippen LogP contribution in [0.25, 0.3) is 10.9 Å². The molecule has 3 N–H and O–H groups in total. The molecule has 0 bridgehead atoms. The zero-order chi connectivity index (χ0) is 20.9. The molecule has 3 aromatic rings. The first-order chi connectivity index (χ1) is 14.6. The van der Waals surface area contributed by atoms with Crippen LogP contribution in [0.5, 0.6) is 0 Å². The maximum Gasteiger partial charge on any atom is 0.0918 e. The molecule has 1 aliphatic rings. The number of piperidine rings is 1. The Balaban J connectivity index is 1.26. The topological polar surface area (TPSA) is 56.0 Å². The van der Waals surface area contributed by atoms with Crippen LogP contribution in [0.15, 0.2) is 73.5 Å². The van der Waals surface area contributed by atoms with Crippen molar-refractivity contribution in [1.82, 2.24) is 25.5 Å². The lowest BCUT2D eigenvalue weighted by atomic mass is 10.0. The first-order valence-corrected chi connectivity index (χ1v) is 10.7. The van der Waals surface area contributed by atoms with Gasteiger partial charge in [-0.1, -0.05) is 30.9 Å². The van der Waals surface area contributed by atoms with Gasteiger partial charge in [-0.3, -0.25) is 4.98 Å². The number of H-pyrrole nitrogens is 1. The quantitative estimate of drug-likeness (QED) is 0.528. The Bertz CT molecular complexity index is 1020. The minimum atomic E-state index is 0.370. The van der Waals surface area contributed by atoms with Crippen molar-refractivity contribution < 1.29 is 0 Å². The fraction of sp³-hybridized carbons (Fsp3) is 0.320. The molecule has 1 fully saturated rings. The minimum absolute atomic E-state index is 0.370. The van der Waals surface area contributed by atoms with Crippen LogP contribution < -0.4 is 10.6 Å². The Morgan fingerprint density at radius 1 is 1.27 bits per heavy atom. The van der Waals surface area contributed by atoms with E-state index in [-0.39, 0.29) is 0 Å². The summed E-state index contributed by atoms with van der Waals surface area (Å²) in [7, 11) is 0. The van der Waals surface area contributed by atoms with Crippen molar-refractivity contribution in [2.24, 2.45) is 0 Å². The normalized spacial score (nSPS) is 16.4. The van der Waals surface area contributed by atoms with Gasteiger partial charge in [0.25, 0.3) is 0 Å². The number of hydrogen-bond acceptors (Lipinski definition) is 4. The van der Waals surface area contributed by atoms with Gasteiger partial charge in [0.15, 0.2) is 0 Å². The third-order valence-electron chi connectivity index (χ3n) is 5.70. The van der Waals surface area contributed by atoms with E-state index in [9.17, 15) is 0 Å². The number of pyridine rings is 1. The first-order valence-electron chi connectivity index (χ1n) is 10.7. The summed E-state index contributed by atoms with van der Waals surface area (Å²) in [6.07, 6.45) is 6.87. The number of rotatable bonds is 8. The third kappa shape index (κ3) is 5.03. The van der Waals surface area contributed by atoms with Crippen molar-refractivity contribution in [3.05, 3.63) is 90.3 Å². The minimum Gasteiger partial charge on any atom is -0.373 e. The summed E-state index contributed by atoms with van der Waals surface area (Å²) in [6, 6.07) is 13.1. The average Bonchev–Trinajstić information content (AvgIpc) is 3.15. The standard InChI is InChI=1S/C25H31N5/c1-18-8-9-25-22(12-18)14-24(29-25)16-27-20(3)28-23-7-5-11-30(17-23)19(2)13-21-6-4-10-26-15-21/h4,6,8-10,12,14-15,23,27-29H,2-3,5,7,11,13,16-17H2,1H3. The van der Waals surface area contributed by atoms with Gasteiger partial charge in [0.05, 0.1) is 12.4 Å². The van der Waals surface area contributed by atoms with Crippen LogP contribution in [0.4, 0.5) is 0 Å². The summed E-state index contributed by atoms with van der Waals surface area (Å²) in [4.78, 5) is 10.1. The average molecular weight is 402 g/mol. The molecule has 5 heteroatoms. The number of benzene rings is 1. The summed E-state index contributed by atoms with van der Waals surface area (Å²) >= 11 is 0. The molecule has 2 aromatic heterocycles. The molecular formula is C25H31N5. The molecule has 1 atom stereocenters. The van der Waals surface area contributed by atoms with Crippen LogP contribution in [0.1, 0.15) is 29.7 Å². The van der Waals surface area contributed by atoms with Crippen molar-refractivity contribution in [3.8, 4) is 0 Å². The molecule has 1 aliphatic heterocycles. The Labute approximate surface area is 178 Å². The summed E-state index contributed by atoms with van der Waals surface area (Å²) in [6.45, 7) is 13.4. The van der Waals surface area contributed by atoms with Crippen molar-refractivity contribution in [2.75, 3.05) is 13.1 Å². The molecule has 0 spiro atoms. The maximum absolute atomic E-state index is 4.32. The Kier molecular flexibility index (Phi) is 6.07. The first kappa shape index (κ1) is 20.1. The zero-order valence-electron chi connectivity index (χ0n) is 17.7. The molecule has 5 nitrogen and oxygen atoms in total. The van der Waals surface area contributed by atoms with E-state index in [1.54, 1.807) is 0 Å². The summed E-state index contributed by atoms with van der Waals surface area (Å²) in [5, 5.41) is 8.24. The van der Waals surface area contributed by atoms with E-state index >= 15 is 0 Å². The molecule has 0 amide bonds. The lowest BCUT2D eigenvalue weighted by Crippen LogP contribution is -2.46. The molecule has 1 saturated heterocycles. The van der Waals surface area contributed by atoms with Crippen LogP contribution in [-0.2, 0) is 13.0 Å². The van der Waals surface area contributed by atoms with Crippen molar-refractivity contribution in [3.63, 3.8) is 0 Å². The van der Waals surface area contributed by atoms with Gasteiger partial charge in [0.2, 0.25) is 0 Å². The Morgan fingerprint density at radius 2 is 2.17 bits per heavy atom. The number of aryl methyl sites for hydroxylation is 1. The van der Waals surface area contributed by atoms with Gasteiger partial charge in [-0.05, 0) is 55.0 Å². The number of fused-ring (bicyclic) bond motifs is 1. The van der Waals surface area contributed by atoms with Crippen LogP contribution in [0.3, 0.4) is 0 Å². The van der Waals surface area contributed by atoms with E-state index in [2.05, 4.69) is 75.9 Å². The second kappa shape index (κ2) is 9.08. The van der Waals surface area contributed by atoms with Gasteiger partial charge in [0.1, 0.15) is 0 Å². The molecule has 3 heterocycles. The van der Waals surface area contributed by atoms with Crippen molar-refractivity contribution >= 4 is 10.9 Å². The second-order valence-corrected chi connectivity index (χ2v) is 8.25. The molecule has 156 valence electrons. The van der Waals surface area contributed by atoms with E-state index in [0.717, 1.165) is 56.1 Å². The fourth-order valence-electron chi connectivity index (χ4n) is 4.14. The molecule has 1 unspecified atom stereocenters. The number of aromatic nitrogens is 2. The van der Waals surface area contributed by atoms with E-state index in [1.165, 1.54) is 22.0 Å². The van der Waals surface area contributed by atoms with Gasteiger partial charge in [0, 0.05) is 54.9 Å². The van der Waals surface area contributed by atoms with E-state index in [0.29, 0.717) is 6.04 Å². The highest BCUT2D eigenvalue weighted by Crippen LogP contribution is 2.19. The number of hydrogen-bond donors (Lipinski definition) is 3. The second-order valence-electron chi connectivity index (χ2n) is 8.25. The maximum atomic E-state index is 4.32. The zero-order valence-corrected chi connectivity index (χ0v) is 17.7. The number of nitrogens with one attached hydrogen (secondary N) is 3. The van der Waals surface area contributed by atoms with Crippen molar-refractivity contribution in [1.29, 1.82) is 0 Å². The van der Waals surface area contributed by atoms with Gasteiger partial charge < -0.3 is 20.5 Å². The monoisotopic (exact) mass is 401 g/mol. The molecule has 0 radical (unpaired) electrons. The lowest BCUT2D eigenvalue weighted by molar-refractivity contribution is 0.237. The largest absolute Gasteiger partial charge is 0.373 e. The Morgan fingerprint density at radius 3 is 3.00 bits per heavy atom. The van der Waals surface area contributed by atoms with Gasteiger partial charge in [-0.15, -0.1) is 0 Å². The fourth-order valence-corrected chi connectivity index (χ4v) is 4.14. The number of likely N-dealkylation sites (tertiary alicyclic amines) is 1.